The maximum absolute atomic E-state index is 13.0. The van der Waals surface area contributed by atoms with E-state index in [2.05, 4.69) is 30.6 Å². The van der Waals surface area contributed by atoms with Gasteiger partial charge in [0.25, 0.3) is 0 Å². The Bertz CT molecular complexity index is 969. The van der Waals surface area contributed by atoms with Gasteiger partial charge in [-0.05, 0) is 45.4 Å². The number of piperidine rings is 1. The quantitative estimate of drug-likeness (QED) is 0.705. The van der Waals surface area contributed by atoms with E-state index in [4.69, 9.17) is 4.52 Å². The molecule has 1 aromatic carbocycles. The predicted octanol–water partition coefficient (Wildman–Crippen LogP) is 3.20. The molecule has 0 bridgehead atoms. The van der Waals surface area contributed by atoms with Crippen molar-refractivity contribution >= 4 is 22.9 Å². The lowest BCUT2D eigenvalue weighted by molar-refractivity contribution is -0.122. The molecule has 3 heterocycles. The number of carbonyl (C=O) groups is 1. The standard InChI is InChI=1S/C19H22N6O2S/c1-12-20-17(27-24-12)11-25-9-4-3-8-16(25)18(26)21-15-7-5-6-14(10-15)19-23-22-13(2)28-19/h5-7,10,16H,3-4,8-9,11H2,1-2H3,(H,21,26). The number of hydrogen-bond acceptors (Lipinski definition) is 8. The molecule has 3 aromatic rings. The summed E-state index contributed by atoms with van der Waals surface area (Å²) >= 11 is 1.53. The monoisotopic (exact) mass is 398 g/mol. The van der Waals surface area contributed by atoms with Crippen molar-refractivity contribution in [1.82, 2.24) is 25.2 Å². The Kier molecular flexibility index (Phi) is 5.45. The van der Waals surface area contributed by atoms with Crippen LogP contribution in [0.4, 0.5) is 5.69 Å². The minimum Gasteiger partial charge on any atom is -0.338 e. The lowest BCUT2D eigenvalue weighted by Gasteiger charge is -2.33. The molecule has 1 atom stereocenters. The lowest BCUT2D eigenvalue weighted by Crippen LogP contribution is -2.46. The van der Waals surface area contributed by atoms with Gasteiger partial charge in [-0.15, -0.1) is 10.2 Å². The van der Waals surface area contributed by atoms with Gasteiger partial charge in [0.15, 0.2) is 5.82 Å². The number of aryl methyl sites for hydroxylation is 2. The third-order valence-electron chi connectivity index (χ3n) is 4.73. The number of anilines is 1. The van der Waals surface area contributed by atoms with E-state index in [1.165, 1.54) is 11.3 Å². The van der Waals surface area contributed by atoms with Gasteiger partial charge in [-0.1, -0.05) is 35.0 Å². The molecule has 0 radical (unpaired) electrons. The Labute approximate surface area is 167 Å². The van der Waals surface area contributed by atoms with Crippen LogP contribution in [0.3, 0.4) is 0 Å². The highest BCUT2D eigenvalue weighted by molar-refractivity contribution is 7.14. The van der Waals surface area contributed by atoms with E-state index in [9.17, 15) is 4.79 Å². The minimum atomic E-state index is -0.214. The van der Waals surface area contributed by atoms with E-state index in [0.717, 1.165) is 47.1 Å². The van der Waals surface area contributed by atoms with Crippen LogP contribution in [0.25, 0.3) is 10.6 Å². The van der Waals surface area contributed by atoms with Crippen LogP contribution < -0.4 is 5.32 Å². The summed E-state index contributed by atoms with van der Waals surface area (Å²) < 4.78 is 5.23. The maximum Gasteiger partial charge on any atom is 0.241 e. The van der Waals surface area contributed by atoms with Crippen LogP contribution in [-0.2, 0) is 11.3 Å². The van der Waals surface area contributed by atoms with Gasteiger partial charge < -0.3 is 9.84 Å². The largest absolute Gasteiger partial charge is 0.338 e. The summed E-state index contributed by atoms with van der Waals surface area (Å²) in [7, 11) is 0. The summed E-state index contributed by atoms with van der Waals surface area (Å²) in [5, 5.41) is 16.9. The van der Waals surface area contributed by atoms with Gasteiger partial charge in [0.05, 0.1) is 12.6 Å². The molecule has 1 aliphatic heterocycles. The zero-order chi connectivity index (χ0) is 19.5. The van der Waals surface area contributed by atoms with Crippen molar-refractivity contribution in [2.75, 3.05) is 11.9 Å². The van der Waals surface area contributed by atoms with Crippen molar-refractivity contribution in [1.29, 1.82) is 0 Å². The summed E-state index contributed by atoms with van der Waals surface area (Å²) in [4.78, 5) is 19.4. The van der Waals surface area contributed by atoms with E-state index in [-0.39, 0.29) is 11.9 Å². The Morgan fingerprint density at radius 3 is 2.96 bits per heavy atom. The zero-order valence-corrected chi connectivity index (χ0v) is 16.7. The molecule has 1 unspecified atom stereocenters. The van der Waals surface area contributed by atoms with Crippen LogP contribution in [0.2, 0.25) is 0 Å². The molecule has 2 aromatic heterocycles. The molecule has 1 aliphatic rings. The number of nitrogens with zero attached hydrogens (tertiary/aromatic N) is 5. The van der Waals surface area contributed by atoms with Crippen LogP contribution in [0, 0.1) is 13.8 Å². The average molecular weight is 398 g/mol. The molecule has 8 nitrogen and oxygen atoms in total. The van der Waals surface area contributed by atoms with Crippen LogP contribution >= 0.6 is 11.3 Å². The normalized spacial score (nSPS) is 17.6. The predicted molar refractivity (Wildman–Crippen MR) is 106 cm³/mol. The first kappa shape index (κ1) is 18.7. The number of hydrogen-bond donors (Lipinski definition) is 1. The summed E-state index contributed by atoms with van der Waals surface area (Å²) in [5.41, 5.74) is 1.71. The van der Waals surface area contributed by atoms with E-state index < -0.39 is 0 Å². The summed E-state index contributed by atoms with van der Waals surface area (Å²) in [6.45, 7) is 5.04. The third-order valence-corrected chi connectivity index (χ3v) is 5.62. The molecule has 1 amide bonds. The molecule has 1 saturated heterocycles. The van der Waals surface area contributed by atoms with Crippen molar-refractivity contribution in [2.45, 2.75) is 45.7 Å². The fourth-order valence-corrected chi connectivity index (χ4v) is 4.11. The minimum absolute atomic E-state index is 0.0125. The van der Waals surface area contributed by atoms with Gasteiger partial charge in [0, 0.05) is 11.3 Å². The third kappa shape index (κ3) is 4.26. The number of nitrogens with one attached hydrogen (secondary N) is 1. The zero-order valence-electron chi connectivity index (χ0n) is 15.9. The number of rotatable bonds is 5. The number of likely N-dealkylation sites (tertiary alicyclic amines) is 1. The molecule has 28 heavy (non-hydrogen) atoms. The van der Waals surface area contributed by atoms with Gasteiger partial charge >= 0.3 is 0 Å². The molecule has 1 fully saturated rings. The second kappa shape index (κ2) is 8.15. The molecule has 146 valence electrons. The first-order valence-electron chi connectivity index (χ1n) is 9.33. The topological polar surface area (TPSA) is 97.0 Å². The molecule has 1 N–H and O–H groups in total. The highest BCUT2D eigenvalue weighted by atomic mass is 32.1. The SMILES string of the molecule is Cc1noc(CN2CCCCC2C(=O)Nc2cccc(-c3nnc(C)s3)c2)n1. The Hall–Kier alpha value is -2.65. The number of benzene rings is 1. The first-order valence-corrected chi connectivity index (χ1v) is 10.1. The van der Waals surface area contributed by atoms with Gasteiger partial charge in [-0.3, -0.25) is 9.69 Å². The van der Waals surface area contributed by atoms with E-state index >= 15 is 0 Å². The molecule has 0 saturated carbocycles. The smallest absolute Gasteiger partial charge is 0.241 e. The first-order chi connectivity index (χ1) is 13.6. The molecular weight excluding hydrogens is 376 g/mol. The van der Waals surface area contributed by atoms with Crippen molar-refractivity contribution in [3.8, 4) is 10.6 Å². The lowest BCUT2D eigenvalue weighted by atomic mass is 10.0. The van der Waals surface area contributed by atoms with Crippen molar-refractivity contribution in [3.05, 3.63) is 41.0 Å². The van der Waals surface area contributed by atoms with Crippen molar-refractivity contribution in [3.63, 3.8) is 0 Å². The number of aromatic nitrogens is 4. The summed E-state index contributed by atoms with van der Waals surface area (Å²) in [6.07, 6.45) is 2.90. The number of carbonyl (C=O) groups excluding carboxylic acids is 1. The molecular formula is C19H22N6O2S. The molecule has 0 aliphatic carbocycles. The van der Waals surface area contributed by atoms with Gasteiger partial charge in [0.2, 0.25) is 11.8 Å². The Morgan fingerprint density at radius 1 is 1.32 bits per heavy atom. The van der Waals surface area contributed by atoms with Crippen LogP contribution in [0.1, 0.15) is 36.0 Å². The molecule has 0 spiro atoms. The Balaban J connectivity index is 1.47. The maximum atomic E-state index is 13.0. The van der Waals surface area contributed by atoms with Crippen molar-refractivity contribution < 1.29 is 9.32 Å². The van der Waals surface area contributed by atoms with Crippen LogP contribution in [0.15, 0.2) is 28.8 Å². The van der Waals surface area contributed by atoms with E-state index in [1.54, 1.807) is 6.92 Å². The molecule has 4 rings (SSSR count). The summed E-state index contributed by atoms with van der Waals surface area (Å²) in [5.74, 6) is 1.14. The fourth-order valence-electron chi connectivity index (χ4n) is 3.42. The second-order valence-electron chi connectivity index (χ2n) is 6.91. The van der Waals surface area contributed by atoms with Crippen molar-refractivity contribution in [2.24, 2.45) is 0 Å². The Morgan fingerprint density at radius 2 is 2.21 bits per heavy atom. The van der Waals surface area contributed by atoms with E-state index in [0.29, 0.717) is 18.3 Å². The fraction of sp³-hybridized carbons (Fsp3) is 0.421. The highest BCUT2D eigenvalue weighted by Gasteiger charge is 2.30. The second-order valence-corrected chi connectivity index (χ2v) is 8.10. The average Bonchev–Trinajstić information content (AvgIpc) is 3.30. The van der Waals surface area contributed by atoms with Gasteiger partial charge in [-0.25, -0.2) is 0 Å². The van der Waals surface area contributed by atoms with Gasteiger partial charge in [-0.2, -0.15) is 4.98 Å². The number of amides is 1. The van der Waals surface area contributed by atoms with Crippen LogP contribution in [-0.4, -0.2) is 43.7 Å². The van der Waals surface area contributed by atoms with E-state index in [1.807, 2.05) is 31.2 Å². The summed E-state index contributed by atoms with van der Waals surface area (Å²) in [6, 6.07) is 7.51. The van der Waals surface area contributed by atoms with Crippen LogP contribution in [0.5, 0.6) is 0 Å². The van der Waals surface area contributed by atoms with Gasteiger partial charge in [0.1, 0.15) is 10.0 Å². The molecule has 9 heteroatoms. The highest BCUT2D eigenvalue weighted by Crippen LogP contribution is 2.26.